The number of ether oxygens (including phenoxy) is 1. The third-order valence-electron chi connectivity index (χ3n) is 3.84. The number of nitrogens with zero attached hydrogens (tertiary/aromatic N) is 2. The van der Waals surface area contributed by atoms with Crippen LogP contribution in [-0.2, 0) is 18.2 Å². The number of likely N-dealkylation sites (N-methyl/N-ethyl adjacent to an activating group) is 1. The molecule has 1 fully saturated rings. The summed E-state index contributed by atoms with van der Waals surface area (Å²) in [4.78, 5) is 0. The molecule has 0 spiro atoms. The lowest BCUT2D eigenvalue weighted by Crippen LogP contribution is -2.41. The molecule has 3 unspecified atom stereocenters. The van der Waals surface area contributed by atoms with E-state index >= 15 is 0 Å². The van der Waals surface area contributed by atoms with E-state index in [1.165, 1.54) is 12.1 Å². The second kappa shape index (κ2) is 6.34. The van der Waals surface area contributed by atoms with Crippen LogP contribution >= 0.6 is 0 Å². The van der Waals surface area contributed by atoms with E-state index in [0.29, 0.717) is 18.1 Å². The minimum atomic E-state index is 0.415. The van der Waals surface area contributed by atoms with Gasteiger partial charge in [0, 0.05) is 38.2 Å². The maximum Gasteiger partial charge on any atom is 0.0640 e. The minimum Gasteiger partial charge on any atom is -0.378 e. The molecule has 1 aromatic heterocycles. The van der Waals surface area contributed by atoms with E-state index in [2.05, 4.69) is 30.3 Å². The second-order valence-corrected chi connectivity index (χ2v) is 5.12. The highest BCUT2D eigenvalue weighted by atomic mass is 16.5. The summed E-state index contributed by atoms with van der Waals surface area (Å²) in [6, 6.07) is 2.60. The molecule has 3 atom stereocenters. The zero-order chi connectivity index (χ0) is 13.0. The van der Waals surface area contributed by atoms with E-state index in [1.54, 1.807) is 0 Å². The number of aromatic nitrogens is 2. The third kappa shape index (κ3) is 3.12. The van der Waals surface area contributed by atoms with Crippen molar-refractivity contribution in [2.24, 2.45) is 13.0 Å². The Morgan fingerprint density at radius 1 is 1.56 bits per heavy atom. The van der Waals surface area contributed by atoms with Crippen molar-refractivity contribution in [2.75, 3.05) is 13.2 Å². The molecule has 0 saturated carbocycles. The van der Waals surface area contributed by atoms with E-state index in [0.717, 1.165) is 26.0 Å². The molecule has 1 saturated heterocycles. The molecule has 2 rings (SSSR count). The monoisotopic (exact) mass is 251 g/mol. The van der Waals surface area contributed by atoms with Crippen molar-refractivity contribution in [3.05, 3.63) is 18.0 Å². The van der Waals surface area contributed by atoms with Gasteiger partial charge in [0.1, 0.15) is 0 Å². The van der Waals surface area contributed by atoms with E-state index < -0.39 is 0 Å². The van der Waals surface area contributed by atoms with Gasteiger partial charge >= 0.3 is 0 Å². The lowest BCUT2D eigenvalue weighted by Gasteiger charge is -2.27. The predicted octanol–water partition coefficient (Wildman–Crippen LogP) is 1.76. The quantitative estimate of drug-likeness (QED) is 0.837. The summed E-state index contributed by atoms with van der Waals surface area (Å²) >= 11 is 0. The fourth-order valence-corrected chi connectivity index (χ4v) is 2.98. The van der Waals surface area contributed by atoms with Crippen LogP contribution in [0.3, 0.4) is 0 Å². The van der Waals surface area contributed by atoms with Gasteiger partial charge in [0.15, 0.2) is 0 Å². The summed E-state index contributed by atoms with van der Waals surface area (Å²) in [5, 5.41) is 8.11. The van der Waals surface area contributed by atoms with Crippen molar-refractivity contribution in [3.63, 3.8) is 0 Å². The van der Waals surface area contributed by atoms with Crippen LogP contribution in [0.15, 0.2) is 12.3 Å². The van der Waals surface area contributed by atoms with Crippen LogP contribution in [0.1, 0.15) is 32.4 Å². The molecule has 2 heterocycles. The maximum atomic E-state index is 5.82. The highest BCUT2D eigenvalue weighted by molar-refractivity contribution is 5.03. The van der Waals surface area contributed by atoms with Gasteiger partial charge in [-0.3, -0.25) is 4.68 Å². The number of hydrogen-bond acceptors (Lipinski definition) is 3. The van der Waals surface area contributed by atoms with Crippen LogP contribution in [-0.4, -0.2) is 35.1 Å². The smallest absolute Gasteiger partial charge is 0.0640 e. The molecule has 18 heavy (non-hydrogen) atoms. The fraction of sp³-hybridized carbons (Fsp3) is 0.786. The van der Waals surface area contributed by atoms with Gasteiger partial charge < -0.3 is 10.1 Å². The molecule has 4 nitrogen and oxygen atoms in total. The third-order valence-corrected chi connectivity index (χ3v) is 3.84. The first-order chi connectivity index (χ1) is 8.74. The average Bonchev–Trinajstić information content (AvgIpc) is 2.97. The maximum absolute atomic E-state index is 5.82. The van der Waals surface area contributed by atoms with Gasteiger partial charge in [0.05, 0.1) is 11.8 Å². The summed E-state index contributed by atoms with van der Waals surface area (Å²) < 4.78 is 7.70. The topological polar surface area (TPSA) is 39.1 Å². The van der Waals surface area contributed by atoms with Crippen molar-refractivity contribution in [2.45, 2.75) is 45.3 Å². The Morgan fingerprint density at radius 3 is 3.00 bits per heavy atom. The average molecular weight is 251 g/mol. The number of nitrogens with one attached hydrogen (secondary N) is 1. The molecule has 0 bridgehead atoms. The van der Waals surface area contributed by atoms with E-state index in [4.69, 9.17) is 4.74 Å². The van der Waals surface area contributed by atoms with Crippen LogP contribution in [0, 0.1) is 5.92 Å². The van der Waals surface area contributed by atoms with Gasteiger partial charge in [0.25, 0.3) is 0 Å². The highest BCUT2D eigenvalue weighted by Gasteiger charge is 2.33. The van der Waals surface area contributed by atoms with Crippen molar-refractivity contribution >= 4 is 0 Å². The van der Waals surface area contributed by atoms with Gasteiger partial charge in [0.2, 0.25) is 0 Å². The molecule has 0 amide bonds. The normalized spacial score (nSPS) is 25.5. The van der Waals surface area contributed by atoms with Crippen LogP contribution in [0.4, 0.5) is 0 Å². The Hall–Kier alpha value is -0.870. The lowest BCUT2D eigenvalue weighted by atomic mass is 9.88. The molecule has 1 aliphatic heterocycles. The first kappa shape index (κ1) is 13.6. The van der Waals surface area contributed by atoms with Crippen LogP contribution in [0.5, 0.6) is 0 Å². The molecular formula is C14H25N3O. The van der Waals surface area contributed by atoms with Crippen molar-refractivity contribution in [3.8, 4) is 0 Å². The van der Waals surface area contributed by atoms with E-state index in [1.807, 2.05) is 17.9 Å². The fourth-order valence-electron chi connectivity index (χ4n) is 2.98. The second-order valence-electron chi connectivity index (χ2n) is 5.12. The molecule has 102 valence electrons. The molecule has 1 N–H and O–H groups in total. The molecule has 1 aromatic rings. The minimum absolute atomic E-state index is 0.415. The largest absolute Gasteiger partial charge is 0.378 e. The van der Waals surface area contributed by atoms with Crippen molar-refractivity contribution in [1.29, 1.82) is 0 Å². The molecule has 0 aromatic carbocycles. The van der Waals surface area contributed by atoms with Gasteiger partial charge in [-0.25, -0.2) is 0 Å². The van der Waals surface area contributed by atoms with Gasteiger partial charge in [-0.2, -0.15) is 5.10 Å². The Labute approximate surface area is 110 Å². The van der Waals surface area contributed by atoms with Gasteiger partial charge in [-0.15, -0.1) is 0 Å². The number of aryl methyl sites for hydroxylation is 1. The zero-order valence-electron chi connectivity index (χ0n) is 11.7. The molecule has 4 heteroatoms. The first-order valence-corrected chi connectivity index (χ1v) is 7.08. The Bertz CT molecular complexity index is 364. The number of hydrogen-bond donors (Lipinski definition) is 1. The van der Waals surface area contributed by atoms with Crippen LogP contribution < -0.4 is 5.32 Å². The Kier molecular flexibility index (Phi) is 4.78. The lowest BCUT2D eigenvalue weighted by molar-refractivity contribution is 0.0775. The van der Waals surface area contributed by atoms with E-state index in [-0.39, 0.29) is 0 Å². The van der Waals surface area contributed by atoms with Gasteiger partial charge in [-0.1, -0.05) is 13.8 Å². The summed E-state index contributed by atoms with van der Waals surface area (Å²) in [6.45, 7) is 6.30. The summed E-state index contributed by atoms with van der Waals surface area (Å²) in [5.41, 5.74) is 1.17. The molecule has 0 aliphatic carbocycles. The highest BCUT2D eigenvalue weighted by Crippen LogP contribution is 2.28. The van der Waals surface area contributed by atoms with Crippen molar-refractivity contribution in [1.82, 2.24) is 15.1 Å². The zero-order valence-corrected chi connectivity index (χ0v) is 11.7. The van der Waals surface area contributed by atoms with Gasteiger partial charge in [-0.05, 0) is 25.5 Å². The molecule has 1 aliphatic rings. The Morgan fingerprint density at radius 2 is 2.39 bits per heavy atom. The molecule has 0 radical (unpaired) electrons. The van der Waals surface area contributed by atoms with Crippen LogP contribution in [0.2, 0.25) is 0 Å². The molecular weight excluding hydrogens is 226 g/mol. The van der Waals surface area contributed by atoms with Crippen molar-refractivity contribution < 1.29 is 4.74 Å². The summed E-state index contributed by atoms with van der Waals surface area (Å²) in [7, 11) is 1.97. The van der Waals surface area contributed by atoms with E-state index in [9.17, 15) is 0 Å². The van der Waals surface area contributed by atoms with Crippen LogP contribution in [0.25, 0.3) is 0 Å². The Balaban J connectivity index is 2.03. The standard InChI is InChI=1S/C14H25N3O/c1-4-14-12(7-9-18-14)13(15-5-2)10-11-6-8-17(3)16-11/h6,8,12-15H,4-5,7,9-10H2,1-3H3. The number of rotatable bonds is 6. The summed E-state index contributed by atoms with van der Waals surface area (Å²) in [5.74, 6) is 0.622. The first-order valence-electron chi connectivity index (χ1n) is 7.08. The SMILES string of the molecule is CCNC(Cc1ccn(C)n1)C1CCOC1CC. The summed E-state index contributed by atoms with van der Waals surface area (Å²) in [6.07, 6.45) is 5.70. The predicted molar refractivity (Wildman–Crippen MR) is 72.5 cm³/mol.